The molecule has 1 atom stereocenters. The maximum Gasteiger partial charge on any atom is 0.316 e. The first-order valence-electron chi connectivity index (χ1n) is 7.64. The highest BCUT2D eigenvalue weighted by atomic mass is 24.3. The van der Waals surface area contributed by atoms with E-state index in [0.717, 1.165) is 16.7 Å². The van der Waals surface area contributed by atoms with Crippen LogP contribution >= 0.6 is 0 Å². The van der Waals surface area contributed by atoms with Gasteiger partial charge in [0, 0.05) is 11.1 Å². The van der Waals surface area contributed by atoms with Crippen LogP contribution in [0.1, 0.15) is 36.6 Å². The third-order valence-corrected chi connectivity index (χ3v) is 3.87. The Labute approximate surface area is 158 Å². The SMILES string of the molecule is COc1ccc(C2=NC(C)(C)CO2)c(C(O)c2ccccc2)c1.[MgH2]. The smallest absolute Gasteiger partial charge is 0.316 e. The standard InChI is InChI=1S/C19H21NO3.Mg.2H/c1-19(2)12-23-18(20-19)15-10-9-14(22-3)11-16(15)17(21)13-7-5-4-6-8-13;;;/h4-11,17,21H,12H2,1-3H3;;;. The summed E-state index contributed by atoms with van der Waals surface area (Å²) >= 11 is 0. The molecule has 2 aromatic carbocycles. The lowest BCUT2D eigenvalue weighted by atomic mass is 9.96. The molecule has 2 aromatic rings. The Hall–Kier alpha value is -1.56. The second-order valence-electron chi connectivity index (χ2n) is 6.28. The van der Waals surface area contributed by atoms with E-state index in [1.54, 1.807) is 7.11 Å². The number of methoxy groups -OCH3 is 1. The van der Waals surface area contributed by atoms with E-state index in [-0.39, 0.29) is 28.6 Å². The third kappa shape index (κ3) is 3.91. The zero-order valence-electron chi connectivity index (χ0n) is 13.6. The molecule has 0 aliphatic carbocycles. The molecule has 0 saturated heterocycles. The van der Waals surface area contributed by atoms with Crippen molar-refractivity contribution >= 4 is 29.0 Å². The fraction of sp³-hybridized carbons (Fsp3) is 0.316. The topological polar surface area (TPSA) is 51.0 Å². The molecule has 1 aliphatic heterocycles. The second-order valence-corrected chi connectivity index (χ2v) is 6.28. The molecule has 0 saturated carbocycles. The summed E-state index contributed by atoms with van der Waals surface area (Å²) in [7, 11) is 1.61. The summed E-state index contributed by atoms with van der Waals surface area (Å²) in [5.74, 6) is 1.26. The second kappa shape index (κ2) is 7.55. The predicted molar refractivity (Wildman–Crippen MR) is 98.6 cm³/mol. The summed E-state index contributed by atoms with van der Waals surface area (Å²) in [5, 5.41) is 10.8. The van der Waals surface area contributed by atoms with E-state index < -0.39 is 6.10 Å². The highest BCUT2D eigenvalue weighted by molar-refractivity contribution is 5.97. The van der Waals surface area contributed by atoms with Crippen LogP contribution in [-0.2, 0) is 4.74 Å². The maximum atomic E-state index is 10.8. The molecule has 24 heavy (non-hydrogen) atoms. The van der Waals surface area contributed by atoms with Crippen LogP contribution in [0.25, 0.3) is 0 Å². The van der Waals surface area contributed by atoms with Crippen LogP contribution < -0.4 is 4.74 Å². The molecule has 0 amide bonds. The fourth-order valence-electron chi connectivity index (χ4n) is 2.63. The minimum Gasteiger partial charge on any atom is -0.497 e. The number of hydrogen-bond donors (Lipinski definition) is 1. The molecule has 0 spiro atoms. The van der Waals surface area contributed by atoms with Crippen LogP contribution in [0.2, 0.25) is 0 Å². The molecule has 1 aliphatic rings. The van der Waals surface area contributed by atoms with Crippen LogP contribution in [0.3, 0.4) is 0 Å². The minimum absolute atomic E-state index is 0. The van der Waals surface area contributed by atoms with Gasteiger partial charge in [-0.1, -0.05) is 30.3 Å². The van der Waals surface area contributed by atoms with Crippen molar-refractivity contribution in [3.63, 3.8) is 0 Å². The lowest BCUT2D eigenvalue weighted by molar-refractivity contribution is 0.218. The van der Waals surface area contributed by atoms with Gasteiger partial charge >= 0.3 is 23.1 Å². The number of aliphatic hydroxyl groups is 1. The number of ether oxygens (including phenoxy) is 2. The van der Waals surface area contributed by atoms with Crippen molar-refractivity contribution in [3.05, 3.63) is 65.2 Å². The van der Waals surface area contributed by atoms with Gasteiger partial charge in [-0.05, 0) is 37.6 Å². The monoisotopic (exact) mass is 337 g/mol. The predicted octanol–water partition coefficient (Wildman–Crippen LogP) is 2.42. The van der Waals surface area contributed by atoms with Gasteiger partial charge < -0.3 is 14.6 Å². The largest absolute Gasteiger partial charge is 0.497 e. The summed E-state index contributed by atoms with van der Waals surface area (Å²) in [6.07, 6.45) is -0.767. The molecule has 3 rings (SSSR count). The number of nitrogens with zero attached hydrogens (tertiary/aromatic N) is 1. The van der Waals surface area contributed by atoms with Crippen LogP contribution in [-0.4, -0.2) is 53.3 Å². The molecule has 4 nitrogen and oxygen atoms in total. The van der Waals surface area contributed by atoms with E-state index in [2.05, 4.69) is 4.99 Å². The van der Waals surface area contributed by atoms with Crippen molar-refractivity contribution < 1.29 is 14.6 Å². The van der Waals surface area contributed by atoms with Gasteiger partial charge in [0.15, 0.2) is 0 Å². The first-order valence-corrected chi connectivity index (χ1v) is 7.64. The number of aliphatic hydroxyl groups excluding tert-OH is 1. The maximum absolute atomic E-state index is 10.8. The average molecular weight is 338 g/mol. The molecule has 1 N–H and O–H groups in total. The summed E-state index contributed by atoms with van der Waals surface area (Å²) in [4.78, 5) is 4.63. The third-order valence-electron chi connectivity index (χ3n) is 3.87. The molecule has 0 aromatic heterocycles. The van der Waals surface area contributed by atoms with Crippen LogP contribution in [0.4, 0.5) is 0 Å². The van der Waals surface area contributed by atoms with Crippen LogP contribution in [0, 0.1) is 0 Å². The number of hydrogen-bond acceptors (Lipinski definition) is 4. The molecular formula is C19H23MgNO3. The molecule has 0 radical (unpaired) electrons. The Balaban J connectivity index is 0.00000208. The quantitative estimate of drug-likeness (QED) is 0.872. The Morgan fingerprint density at radius 1 is 1.17 bits per heavy atom. The van der Waals surface area contributed by atoms with Gasteiger partial charge in [-0.3, -0.25) is 0 Å². The van der Waals surface area contributed by atoms with E-state index >= 15 is 0 Å². The van der Waals surface area contributed by atoms with Crippen molar-refractivity contribution in [3.8, 4) is 5.75 Å². The number of rotatable bonds is 4. The van der Waals surface area contributed by atoms with Gasteiger partial charge in [0.25, 0.3) is 0 Å². The van der Waals surface area contributed by atoms with Gasteiger partial charge in [0.1, 0.15) is 18.5 Å². The Morgan fingerprint density at radius 3 is 2.46 bits per heavy atom. The molecule has 1 heterocycles. The van der Waals surface area contributed by atoms with E-state index in [1.165, 1.54) is 0 Å². The lowest BCUT2D eigenvalue weighted by Crippen LogP contribution is -2.17. The zero-order chi connectivity index (χ0) is 16.4. The molecular weight excluding hydrogens is 315 g/mol. The van der Waals surface area contributed by atoms with Gasteiger partial charge in [-0.2, -0.15) is 0 Å². The summed E-state index contributed by atoms with van der Waals surface area (Å²) in [6, 6.07) is 15.1. The van der Waals surface area contributed by atoms with E-state index in [1.807, 2.05) is 62.4 Å². The Morgan fingerprint density at radius 2 is 1.88 bits per heavy atom. The van der Waals surface area contributed by atoms with Crippen LogP contribution in [0.5, 0.6) is 5.75 Å². The van der Waals surface area contributed by atoms with Crippen LogP contribution in [0.15, 0.2) is 53.5 Å². The van der Waals surface area contributed by atoms with E-state index in [0.29, 0.717) is 18.3 Å². The van der Waals surface area contributed by atoms with E-state index in [4.69, 9.17) is 9.47 Å². The highest BCUT2D eigenvalue weighted by Crippen LogP contribution is 2.31. The molecule has 5 heteroatoms. The van der Waals surface area contributed by atoms with Crippen molar-refractivity contribution in [1.29, 1.82) is 0 Å². The van der Waals surface area contributed by atoms with Gasteiger partial charge in [0.2, 0.25) is 5.90 Å². The highest BCUT2D eigenvalue weighted by Gasteiger charge is 2.29. The number of benzene rings is 2. The van der Waals surface area contributed by atoms with E-state index in [9.17, 15) is 5.11 Å². The molecule has 124 valence electrons. The molecule has 1 unspecified atom stereocenters. The van der Waals surface area contributed by atoms with Crippen molar-refractivity contribution in [2.45, 2.75) is 25.5 Å². The first-order chi connectivity index (χ1) is 11.0. The number of aliphatic imine (C=N–C) groups is 1. The minimum atomic E-state index is -0.767. The van der Waals surface area contributed by atoms with Crippen molar-refractivity contribution in [2.24, 2.45) is 4.99 Å². The summed E-state index contributed by atoms with van der Waals surface area (Å²) < 4.78 is 11.1. The van der Waals surface area contributed by atoms with Crippen molar-refractivity contribution in [1.82, 2.24) is 0 Å². The van der Waals surface area contributed by atoms with Gasteiger partial charge in [-0.25, -0.2) is 4.99 Å². The van der Waals surface area contributed by atoms with Gasteiger partial charge in [0.05, 0.1) is 12.6 Å². The Bertz CT molecular complexity index is 729. The lowest BCUT2D eigenvalue weighted by Gasteiger charge is -2.17. The normalized spacial score (nSPS) is 16.6. The van der Waals surface area contributed by atoms with Crippen molar-refractivity contribution in [2.75, 3.05) is 13.7 Å². The average Bonchev–Trinajstić information content (AvgIpc) is 2.94. The molecule has 0 fully saturated rings. The first kappa shape index (κ1) is 18.8. The Kier molecular flexibility index (Phi) is 5.90. The summed E-state index contributed by atoms with van der Waals surface area (Å²) in [5.41, 5.74) is 2.10. The van der Waals surface area contributed by atoms with Gasteiger partial charge in [-0.15, -0.1) is 0 Å². The molecule has 0 bridgehead atoms. The summed E-state index contributed by atoms with van der Waals surface area (Å²) in [6.45, 7) is 4.59. The zero-order valence-corrected chi connectivity index (χ0v) is 13.6. The fourth-order valence-corrected chi connectivity index (χ4v) is 2.63.